The van der Waals surface area contributed by atoms with Crippen LogP contribution >= 0.6 is 0 Å². The molecule has 0 rings (SSSR count). The molecule has 64 valence electrons. The zero-order chi connectivity index (χ0) is 8.69. The maximum atomic E-state index is 4.37. The summed E-state index contributed by atoms with van der Waals surface area (Å²) in [7, 11) is 0. The Bertz CT molecular complexity index is 145. The van der Waals surface area contributed by atoms with Gasteiger partial charge in [0.15, 0.2) is 0 Å². The van der Waals surface area contributed by atoms with E-state index < -0.39 is 0 Å². The lowest BCUT2D eigenvalue weighted by Crippen LogP contribution is -2.07. The van der Waals surface area contributed by atoms with Gasteiger partial charge in [-0.15, -0.1) is 0 Å². The molecule has 0 aromatic heterocycles. The maximum Gasteiger partial charge on any atom is 0.0224 e. The summed E-state index contributed by atoms with van der Waals surface area (Å²) in [6, 6.07) is 0. The molecule has 0 N–H and O–H groups in total. The molecule has 0 aromatic carbocycles. The molecule has 1 nitrogen and oxygen atoms in total. The van der Waals surface area contributed by atoms with Crippen LogP contribution in [0.5, 0.6) is 0 Å². The van der Waals surface area contributed by atoms with E-state index >= 15 is 0 Å². The summed E-state index contributed by atoms with van der Waals surface area (Å²) in [5.74, 6) is 0.635. The lowest BCUT2D eigenvalue weighted by molar-refractivity contribution is 0.725. The minimum absolute atomic E-state index is 0.635. The number of rotatable bonds is 4. The Morgan fingerprint density at radius 2 is 2.09 bits per heavy atom. The number of hydrogen-bond acceptors (Lipinski definition) is 1. The first-order valence-electron chi connectivity index (χ1n) is 4.43. The van der Waals surface area contributed by atoms with Gasteiger partial charge in [-0.2, -0.15) is 0 Å². The molecule has 1 unspecified atom stereocenters. The fourth-order valence-corrected chi connectivity index (χ4v) is 0.973. The predicted molar refractivity (Wildman–Crippen MR) is 52.0 cm³/mol. The van der Waals surface area contributed by atoms with E-state index in [1.807, 2.05) is 19.2 Å². The third-order valence-electron chi connectivity index (χ3n) is 1.93. The smallest absolute Gasteiger partial charge is 0.0224 e. The van der Waals surface area contributed by atoms with Gasteiger partial charge >= 0.3 is 0 Å². The van der Waals surface area contributed by atoms with Crippen LogP contribution < -0.4 is 0 Å². The van der Waals surface area contributed by atoms with Gasteiger partial charge in [-0.1, -0.05) is 26.8 Å². The van der Waals surface area contributed by atoms with Gasteiger partial charge in [0, 0.05) is 11.9 Å². The Morgan fingerprint density at radius 3 is 2.45 bits per heavy atom. The van der Waals surface area contributed by atoms with E-state index in [0.717, 1.165) is 6.42 Å². The van der Waals surface area contributed by atoms with Crippen molar-refractivity contribution in [1.82, 2.24) is 0 Å². The largest absolute Gasteiger partial charge is 0.266 e. The van der Waals surface area contributed by atoms with Gasteiger partial charge < -0.3 is 0 Å². The molecule has 0 radical (unpaired) electrons. The molecule has 0 fully saturated rings. The van der Waals surface area contributed by atoms with Crippen molar-refractivity contribution >= 4 is 5.71 Å². The second-order valence-electron chi connectivity index (χ2n) is 2.77. The Labute approximate surface area is 70.2 Å². The van der Waals surface area contributed by atoms with E-state index in [4.69, 9.17) is 0 Å². The van der Waals surface area contributed by atoms with Crippen LogP contribution in [0.15, 0.2) is 17.3 Å². The summed E-state index contributed by atoms with van der Waals surface area (Å²) >= 11 is 0. The number of allylic oxidation sites excluding steroid dienone is 1. The van der Waals surface area contributed by atoms with Crippen molar-refractivity contribution in [2.24, 2.45) is 10.9 Å². The highest BCUT2D eigenvalue weighted by Gasteiger charge is 2.03. The molecule has 0 saturated heterocycles. The Morgan fingerprint density at radius 1 is 1.45 bits per heavy atom. The number of hydrogen-bond donors (Lipinski definition) is 0. The van der Waals surface area contributed by atoms with Crippen LogP contribution in [0.25, 0.3) is 0 Å². The Kier molecular flexibility index (Phi) is 5.81. The first kappa shape index (κ1) is 10.4. The molecule has 0 spiro atoms. The number of nitrogens with zero attached hydrogens (tertiary/aromatic N) is 1. The monoisotopic (exact) mass is 153 g/mol. The van der Waals surface area contributed by atoms with Crippen LogP contribution in [0.3, 0.4) is 0 Å². The quantitative estimate of drug-likeness (QED) is 0.549. The SMILES string of the molecule is C/C=C\N=C(\CC)C(C)CC. The Hall–Kier alpha value is -0.590. The third-order valence-corrected chi connectivity index (χ3v) is 1.93. The van der Waals surface area contributed by atoms with E-state index in [2.05, 4.69) is 25.8 Å². The molecular formula is C10H19N. The van der Waals surface area contributed by atoms with Crippen LogP contribution in [0.4, 0.5) is 0 Å². The summed E-state index contributed by atoms with van der Waals surface area (Å²) in [5, 5.41) is 0. The molecule has 0 amide bonds. The van der Waals surface area contributed by atoms with Gasteiger partial charge in [-0.05, 0) is 25.7 Å². The van der Waals surface area contributed by atoms with Gasteiger partial charge in [0.25, 0.3) is 0 Å². The second-order valence-corrected chi connectivity index (χ2v) is 2.77. The van der Waals surface area contributed by atoms with Crippen molar-refractivity contribution < 1.29 is 0 Å². The molecule has 11 heavy (non-hydrogen) atoms. The van der Waals surface area contributed by atoms with Crippen LogP contribution in [0.2, 0.25) is 0 Å². The minimum atomic E-state index is 0.635. The fraction of sp³-hybridized carbons (Fsp3) is 0.700. The van der Waals surface area contributed by atoms with E-state index in [9.17, 15) is 0 Å². The van der Waals surface area contributed by atoms with Gasteiger partial charge in [-0.25, -0.2) is 0 Å². The lowest BCUT2D eigenvalue weighted by Gasteiger charge is -2.08. The predicted octanol–water partition coefficient (Wildman–Crippen LogP) is 3.42. The first-order chi connectivity index (χ1) is 5.26. The van der Waals surface area contributed by atoms with Crippen molar-refractivity contribution in [3.05, 3.63) is 12.3 Å². The lowest BCUT2D eigenvalue weighted by atomic mass is 10.0. The van der Waals surface area contributed by atoms with Crippen molar-refractivity contribution in [2.75, 3.05) is 0 Å². The van der Waals surface area contributed by atoms with Crippen molar-refractivity contribution in [1.29, 1.82) is 0 Å². The topological polar surface area (TPSA) is 12.4 Å². The zero-order valence-corrected chi connectivity index (χ0v) is 8.09. The molecule has 0 saturated carbocycles. The van der Waals surface area contributed by atoms with Gasteiger partial charge in [0.05, 0.1) is 0 Å². The summed E-state index contributed by atoms with van der Waals surface area (Å²) in [6.07, 6.45) is 6.10. The molecule has 0 aromatic rings. The first-order valence-corrected chi connectivity index (χ1v) is 4.43. The molecule has 0 bridgehead atoms. The molecule has 0 aliphatic heterocycles. The standard InChI is InChI=1S/C10H19N/c1-5-8-11-10(7-3)9(4)6-2/h5,8-9H,6-7H2,1-4H3/b8-5-,11-10-. The maximum absolute atomic E-state index is 4.37. The minimum Gasteiger partial charge on any atom is -0.266 e. The van der Waals surface area contributed by atoms with Gasteiger partial charge in [0.1, 0.15) is 0 Å². The average Bonchev–Trinajstić information content (AvgIpc) is 2.05. The summed E-state index contributed by atoms with van der Waals surface area (Å²) in [4.78, 5) is 4.37. The molecule has 0 heterocycles. The summed E-state index contributed by atoms with van der Waals surface area (Å²) in [6.45, 7) is 8.58. The summed E-state index contributed by atoms with van der Waals surface area (Å²) < 4.78 is 0. The number of aliphatic imine (C=N–C) groups is 1. The highest BCUT2D eigenvalue weighted by molar-refractivity contribution is 5.86. The van der Waals surface area contributed by atoms with Gasteiger partial charge in [0.2, 0.25) is 0 Å². The fourth-order valence-electron chi connectivity index (χ4n) is 0.973. The summed E-state index contributed by atoms with van der Waals surface area (Å²) in [5.41, 5.74) is 1.31. The van der Waals surface area contributed by atoms with Crippen LogP contribution in [-0.2, 0) is 0 Å². The highest BCUT2D eigenvalue weighted by Crippen LogP contribution is 2.07. The van der Waals surface area contributed by atoms with E-state index in [1.54, 1.807) is 0 Å². The van der Waals surface area contributed by atoms with Crippen molar-refractivity contribution in [3.8, 4) is 0 Å². The average molecular weight is 153 g/mol. The molecule has 1 heteroatoms. The van der Waals surface area contributed by atoms with Gasteiger partial charge in [-0.3, -0.25) is 4.99 Å². The Balaban J connectivity index is 4.13. The zero-order valence-electron chi connectivity index (χ0n) is 8.09. The molecular weight excluding hydrogens is 134 g/mol. The highest BCUT2D eigenvalue weighted by atomic mass is 14.7. The van der Waals surface area contributed by atoms with Crippen LogP contribution in [-0.4, -0.2) is 5.71 Å². The molecule has 1 atom stereocenters. The van der Waals surface area contributed by atoms with Crippen molar-refractivity contribution in [2.45, 2.75) is 40.5 Å². The van der Waals surface area contributed by atoms with E-state index in [-0.39, 0.29) is 0 Å². The van der Waals surface area contributed by atoms with E-state index in [0.29, 0.717) is 5.92 Å². The van der Waals surface area contributed by atoms with Crippen LogP contribution in [0.1, 0.15) is 40.5 Å². The van der Waals surface area contributed by atoms with Crippen molar-refractivity contribution in [3.63, 3.8) is 0 Å². The third kappa shape index (κ3) is 3.97. The molecule has 0 aliphatic rings. The van der Waals surface area contributed by atoms with E-state index in [1.165, 1.54) is 12.1 Å². The second kappa shape index (κ2) is 6.14. The molecule has 0 aliphatic carbocycles. The normalized spacial score (nSPS) is 15.8. The van der Waals surface area contributed by atoms with Crippen LogP contribution in [0, 0.1) is 5.92 Å².